The van der Waals surface area contributed by atoms with Gasteiger partial charge in [-0.3, -0.25) is 9.69 Å². The highest BCUT2D eigenvalue weighted by molar-refractivity contribution is 7.91. The highest BCUT2D eigenvalue weighted by Gasteiger charge is 2.15. The van der Waals surface area contributed by atoms with Crippen LogP contribution in [-0.4, -0.2) is 49.8 Å². The summed E-state index contributed by atoms with van der Waals surface area (Å²) < 4.78 is 36.9. The largest absolute Gasteiger partial charge is 0.480 e. The lowest BCUT2D eigenvalue weighted by atomic mass is 10.3. The molecule has 0 aliphatic heterocycles. The van der Waals surface area contributed by atoms with Crippen molar-refractivity contribution in [3.8, 4) is 0 Å². The Morgan fingerprint density at radius 3 is 2.38 bits per heavy atom. The summed E-state index contributed by atoms with van der Waals surface area (Å²) in [6.45, 7) is 2.86. The minimum absolute atomic E-state index is 0.0849. The Morgan fingerprint density at radius 1 is 1.24 bits per heavy atom. The van der Waals surface area contributed by atoms with Gasteiger partial charge in [-0.05, 0) is 50.2 Å². The maximum atomic E-state index is 12.8. The molecule has 0 fully saturated rings. The number of rotatable bonds is 9. The maximum Gasteiger partial charge on any atom is 0.317 e. The molecule has 1 rings (SSSR count). The first-order valence-electron chi connectivity index (χ1n) is 6.77. The van der Waals surface area contributed by atoms with E-state index in [1.807, 2.05) is 6.92 Å². The molecule has 0 aromatic heterocycles. The molecule has 0 saturated carbocycles. The second kappa shape index (κ2) is 8.09. The van der Waals surface area contributed by atoms with Crippen LogP contribution in [0.15, 0.2) is 29.2 Å². The molecule has 0 amide bonds. The van der Waals surface area contributed by atoms with E-state index in [0.717, 1.165) is 18.6 Å². The van der Waals surface area contributed by atoms with E-state index in [0.29, 0.717) is 19.5 Å². The Balaban J connectivity index is 2.56. The van der Waals surface area contributed by atoms with Gasteiger partial charge >= 0.3 is 5.97 Å². The second-order valence-corrected chi connectivity index (χ2v) is 6.91. The molecule has 0 aliphatic carbocycles. The first-order chi connectivity index (χ1) is 9.85. The quantitative estimate of drug-likeness (QED) is 0.703. The molecule has 0 radical (unpaired) electrons. The summed E-state index contributed by atoms with van der Waals surface area (Å²) in [5.41, 5.74) is 0. The zero-order valence-corrected chi connectivity index (χ0v) is 12.8. The lowest BCUT2D eigenvalue weighted by molar-refractivity contribution is -0.138. The highest BCUT2D eigenvalue weighted by Crippen LogP contribution is 2.13. The van der Waals surface area contributed by atoms with Crippen LogP contribution in [0.5, 0.6) is 0 Å². The predicted octanol–water partition coefficient (Wildman–Crippen LogP) is 1.79. The third-order valence-electron chi connectivity index (χ3n) is 2.96. The van der Waals surface area contributed by atoms with Crippen molar-refractivity contribution in [3.05, 3.63) is 30.1 Å². The average molecular weight is 317 g/mol. The molecule has 118 valence electrons. The smallest absolute Gasteiger partial charge is 0.317 e. The van der Waals surface area contributed by atoms with Crippen LogP contribution in [0, 0.1) is 5.82 Å². The molecule has 0 bridgehead atoms. The number of halogens is 1. The molecular formula is C14H20FNO4S. The van der Waals surface area contributed by atoms with Crippen molar-refractivity contribution in [2.24, 2.45) is 0 Å². The van der Waals surface area contributed by atoms with Crippen molar-refractivity contribution in [1.29, 1.82) is 0 Å². The Labute approximate surface area is 124 Å². The minimum Gasteiger partial charge on any atom is -0.480 e. The van der Waals surface area contributed by atoms with Gasteiger partial charge < -0.3 is 5.11 Å². The van der Waals surface area contributed by atoms with Gasteiger partial charge in [-0.1, -0.05) is 6.92 Å². The van der Waals surface area contributed by atoms with Crippen LogP contribution >= 0.6 is 0 Å². The molecule has 0 saturated heterocycles. The van der Waals surface area contributed by atoms with Gasteiger partial charge in [0.25, 0.3) is 0 Å². The fourth-order valence-corrected chi connectivity index (χ4v) is 3.31. The summed E-state index contributed by atoms with van der Waals surface area (Å²) in [4.78, 5) is 12.5. The lowest BCUT2D eigenvalue weighted by Gasteiger charge is -2.19. The van der Waals surface area contributed by atoms with Crippen molar-refractivity contribution < 1.29 is 22.7 Å². The van der Waals surface area contributed by atoms with Crippen molar-refractivity contribution >= 4 is 15.8 Å². The topological polar surface area (TPSA) is 74.7 Å². The van der Waals surface area contributed by atoms with Gasteiger partial charge in [0, 0.05) is 0 Å². The van der Waals surface area contributed by atoms with Gasteiger partial charge in [-0.25, -0.2) is 12.8 Å². The number of carboxylic acids is 1. The number of carbonyl (C=O) groups is 1. The van der Waals surface area contributed by atoms with Crippen molar-refractivity contribution in [3.63, 3.8) is 0 Å². The van der Waals surface area contributed by atoms with Crippen molar-refractivity contribution in [2.75, 3.05) is 25.4 Å². The van der Waals surface area contributed by atoms with Gasteiger partial charge in [0.05, 0.1) is 17.2 Å². The zero-order valence-electron chi connectivity index (χ0n) is 12.0. The SMILES string of the molecule is CCCN(CCCS(=O)(=O)c1ccc(F)cc1)CC(=O)O. The summed E-state index contributed by atoms with van der Waals surface area (Å²) in [5, 5.41) is 8.78. The van der Waals surface area contributed by atoms with Crippen LogP contribution < -0.4 is 0 Å². The van der Waals surface area contributed by atoms with E-state index >= 15 is 0 Å². The molecular weight excluding hydrogens is 297 g/mol. The first-order valence-corrected chi connectivity index (χ1v) is 8.43. The van der Waals surface area contributed by atoms with Crippen LogP contribution in [0.4, 0.5) is 4.39 Å². The van der Waals surface area contributed by atoms with E-state index < -0.39 is 21.6 Å². The van der Waals surface area contributed by atoms with Gasteiger partial charge in [0.15, 0.2) is 9.84 Å². The summed E-state index contributed by atoms with van der Waals surface area (Å²) in [5.74, 6) is -1.49. The second-order valence-electron chi connectivity index (χ2n) is 4.80. The molecule has 0 atom stereocenters. The number of aliphatic carboxylic acids is 1. The third kappa shape index (κ3) is 6.22. The van der Waals surface area contributed by atoms with Crippen LogP contribution in [0.1, 0.15) is 19.8 Å². The van der Waals surface area contributed by atoms with Gasteiger partial charge in [-0.15, -0.1) is 0 Å². The van der Waals surface area contributed by atoms with E-state index in [9.17, 15) is 17.6 Å². The summed E-state index contributed by atoms with van der Waals surface area (Å²) >= 11 is 0. The number of nitrogens with zero attached hydrogens (tertiary/aromatic N) is 1. The molecule has 7 heteroatoms. The molecule has 1 aromatic carbocycles. The number of sulfone groups is 1. The van der Waals surface area contributed by atoms with Crippen LogP contribution in [-0.2, 0) is 14.6 Å². The molecule has 0 unspecified atom stereocenters. The maximum absolute atomic E-state index is 12.8. The Kier molecular flexibility index (Phi) is 6.77. The highest BCUT2D eigenvalue weighted by atomic mass is 32.2. The summed E-state index contributed by atoms with van der Waals surface area (Å²) in [6, 6.07) is 4.71. The van der Waals surface area contributed by atoms with E-state index in [1.165, 1.54) is 12.1 Å². The number of benzene rings is 1. The number of carboxylic acid groups (broad SMARTS) is 1. The van der Waals surface area contributed by atoms with Crippen LogP contribution in [0.2, 0.25) is 0 Å². The zero-order chi connectivity index (χ0) is 15.9. The minimum atomic E-state index is -3.46. The summed E-state index contributed by atoms with van der Waals surface area (Å²) in [7, 11) is -3.46. The fourth-order valence-electron chi connectivity index (χ4n) is 2.02. The predicted molar refractivity (Wildman–Crippen MR) is 77.4 cm³/mol. The Morgan fingerprint density at radius 2 is 1.86 bits per heavy atom. The number of hydrogen-bond acceptors (Lipinski definition) is 4. The van der Waals surface area contributed by atoms with E-state index in [-0.39, 0.29) is 17.2 Å². The molecule has 0 spiro atoms. The molecule has 5 nitrogen and oxygen atoms in total. The van der Waals surface area contributed by atoms with E-state index in [2.05, 4.69) is 0 Å². The lowest BCUT2D eigenvalue weighted by Crippen LogP contribution is -2.32. The van der Waals surface area contributed by atoms with E-state index in [1.54, 1.807) is 4.90 Å². The standard InChI is InChI=1S/C14H20FNO4S/c1-2-8-16(11-14(17)18)9-3-10-21(19,20)13-6-4-12(15)5-7-13/h4-7H,2-3,8-11H2,1H3,(H,17,18). The van der Waals surface area contributed by atoms with Crippen LogP contribution in [0.3, 0.4) is 0 Å². The summed E-state index contributed by atoms with van der Waals surface area (Å²) in [6.07, 6.45) is 1.14. The van der Waals surface area contributed by atoms with E-state index in [4.69, 9.17) is 5.11 Å². The van der Waals surface area contributed by atoms with Gasteiger partial charge in [0.2, 0.25) is 0 Å². The van der Waals surface area contributed by atoms with Gasteiger partial charge in [0.1, 0.15) is 5.82 Å². The monoisotopic (exact) mass is 317 g/mol. The fraction of sp³-hybridized carbons (Fsp3) is 0.500. The molecule has 0 aliphatic rings. The van der Waals surface area contributed by atoms with Gasteiger partial charge in [-0.2, -0.15) is 0 Å². The first kappa shape index (κ1) is 17.6. The number of hydrogen-bond donors (Lipinski definition) is 1. The van der Waals surface area contributed by atoms with Crippen LogP contribution in [0.25, 0.3) is 0 Å². The Hall–Kier alpha value is -1.47. The van der Waals surface area contributed by atoms with Crippen molar-refractivity contribution in [1.82, 2.24) is 4.90 Å². The molecule has 0 heterocycles. The molecule has 1 N–H and O–H groups in total. The average Bonchev–Trinajstić information content (AvgIpc) is 2.38. The third-order valence-corrected chi connectivity index (χ3v) is 4.78. The molecule has 21 heavy (non-hydrogen) atoms. The molecule has 1 aromatic rings. The normalized spacial score (nSPS) is 11.8. The Bertz CT molecular complexity index is 557. The van der Waals surface area contributed by atoms with Crippen molar-refractivity contribution in [2.45, 2.75) is 24.7 Å².